The number of para-hydroxylation sites is 1. The number of aryl methyl sites for hydroxylation is 2. The number of aromatic nitrogens is 2. The van der Waals surface area contributed by atoms with Gasteiger partial charge in [0.2, 0.25) is 5.91 Å². The molecular formula is C24H20FN3O2S. The van der Waals surface area contributed by atoms with Crippen molar-refractivity contribution in [3.05, 3.63) is 81.5 Å². The van der Waals surface area contributed by atoms with E-state index in [1.807, 2.05) is 5.38 Å². The van der Waals surface area contributed by atoms with Crippen molar-refractivity contribution < 1.29 is 9.18 Å². The Morgan fingerprint density at radius 3 is 2.77 bits per heavy atom. The van der Waals surface area contributed by atoms with Gasteiger partial charge < -0.3 is 5.32 Å². The van der Waals surface area contributed by atoms with Crippen LogP contribution in [0.4, 0.5) is 10.1 Å². The third-order valence-corrected chi connectivity index (χ3v) is 6.57. The molecule has 0 radical (unpaired) electrons. The molecule has 5 nitrogen and oxygen atoms in total. The number of halogens is 1. The summed E-state index contributed by atoms with van der Waals surface area (Å²) in [5.74, 6) is -1.01. The van der Waals surface area contributed by atoms with Gasteiger partial charge in [-0.3, -0.25) is 14.2 Å². The molecule has 1 N–H and O–H groups in total. The van der Waals surface area contributed by atoms with Crippen LogP contribution in [0.3, 0.4) is 0 Å². The predicted octanol–water partition coefficient (Wildman–Crippen LogP) is 4.78. The highest BCUT2D eigenvalue weighted by Crippen LogP contribution is 2.33. The van der Waals surface area contributed by atoms with Gasteiger partial charge in [-0.25, -0.2) is 9.37 Å². The number of amides is 1. The first-order valence-electron chi connectivity index (χ1n) is 10.2. The average molecular weight is 434 g/mol. The molecule has 0 atom stereocenters. The standard InChI is InChI=1S/C24H20FN3O2S/c25-19-7-3-4-8-20(19)27-21(29)12-28-14-26-23-22(24(28)30)18(13-31-23)17-10-9-15-5-1-2-6-16(15)11-17/h3-4,7-11,13-14H,1-2,5-6,12H2,(H,27,29). The number of anilines is 1. The Bertz CT molecular complexity index is 1360. The van der Waals surface area contributed by atoms with Crippen molar-refractivity contribution in [2.45, 2.75) is 32.2 Å². The van der Waals surface area contributed by atoms with Crippen molar-refractivity contribution in [3.63, 3.8) is 0 Å². The topological polar surface area (TPSA) is 64.0 Å². The molecule has 1 aliphatic rings. The number of nitrogens with one attached hydrogen (secondary N) is 1. The van der Waals surface area contributed by atoms with Gasteiger partial charge >= 0.3 is 0 Å². The summed E-state index contributed by atoms with van der Waals surface area (Å²) in [6.07, 6.45) is 5.94. The Morgan fingerprint density at radius 1 is 1.13 bits per heavy atom. The maximum atomic E-state index is 13.8. The maximum absolute atomic E-state index is 13.8. The molecule has 1 amide bonds. The molecule has 7 heteroatoms. The van der Waals surface area contributed by atoms with Crippen LogP contribution in [0.2, 0.25) is 0 Å². The number of fused-ring (bicyclic) bond motifs is 2. The molecular weight excluding hydrogens is 413 g/mol. The number of thiophene rings is 1. The lowest BCUT2D eigenvalue weighted by molar-refractivity contribution is -0.116. The van der Waals surface area contributed by atoms with Crippen LogP contribution in [0.1, 0.15) is 24.0 Å². The van der Waals surface area contributed by atoms with Crippen molar-refractivity contribution in [3.8, 4) is 11.1 Å². The number of carbonyl (C=O) groups excluding carboxylic acids is 1. The summed E-state index contributed by atoms with van der Waals surface area (Å²) in [4.78, 5) is 30.6. The fourth-order valence-electron chi connectivity index (χ4n) is 4.10. The van der Waals surface area contributed by atoms with Gasteiger partial charge in [-0.1, -0.05) is 30.3 Å². The predicted molar refractivity (Wildman–Crippen MR) is 121 cm³/mol. The van der Waals surface area contributed by atoms with Crippen molar-refractivity contribution >= 4 is 33.1 Å². The Labute approximate surface area is 182 Å². The van der Waals surface area contributed by atoms with E-state index in [1.54, 1.807) is 12.1 Å². The van der Waals surface area contributed by atoms with E-state index < -0.39 is 11.7 Å². The van der Waals surface area contributed by atoms with Crippen LogP contribution in [-0.2, 0) is 24.2 Å². The van der Waals surface area contributed by atoms with Gasteiger partial charge in [0.15, 0.2) is 0 Å². The van der Waals surface area contributed by atoms with E-state index >= 15 is 0 Å². The first-order chi connectivity index (χ1) is 15.1. The molecule has 0 fully saturated rings. The summed E-state index contributed by atoms with van der Waals surface area (Å²) in [5.41, 5.74) is 4.38. The van der Waals surface area contributed by atoms with Crippen LogP contribution in [0, 0.1) is 5.82 Å². The molecule has 5 rings (SSSR count). The summed E-state index contributed by atoms with van der Waals surface area (Å²) in [6.45, 7) is -0.240. The summed E-state index contributed by atoms with van der Waals surface area (Å²) in [7, 11) is 0. The zero-order valence-corrected chi connectivity index (χ0v) is 17.5. The smallest absolute Gasteiger partial charge is 0.263 e. The second-order valence-corrected chi connectivity index (χ2v) is 8.58. The number of carbonyl (C=O) groups is 1. The summed E-state index contributed by atoms with van der Waals surface area (Å²) < 4.78 is 15.1. The highest BCUT2D eigenvalue weighted by atomic mass is 32.1. The van der Waals surface area contributed by atoms with Crippen LogP contribution in [-0.4, -0.2) is 15.5 Å². The average Bonchev–Trinajstić information content (AvgIpc) is 3.22. The van der Waals surface area contributed by atoms with E-state index in [2.05, 4.69) is 28.5 Å². The van der Waals surface area contributed by atoms with Crippen LogP contribution in [0.5, 0.6) is 0 Å². The van der Waals surface area contributed by atoms with E-state index in [0.717, 1.165) is 24.0 Å². The number of benzene rings is 2. The Balaban J connectivity index is 1.48. The third-order valence-electron chi connectivity index (χ3n) is 5.68. The van der Waals surface area contributed by atoms with Crippen LogP contribution in [0.25, 0.3) is 21.3 Å². The molecule has 0 unspecified atom stereocenters. The number of hydrogen-bond acceptors (Lipinski definition) is 4. The molecule has 0 spiro atoms. The summed E-state index contributed by atoms with van der Waals surface area (Å²) in [6, 6.07) is 12.3. The van der Waals surface area contributed by atoms with E-state index in [0.29, 0.717) is 10.2 Å². The summed E-state index contributed by atoms with van der Waals surface area (Å²) in [5, 5.41) is 4.98. The van der Waals surface area contributed by atoms with E-state index in [-0.39, 0.29) is 17.8 Å². The highest BCUT2D eigenvalue weighted by molar-refractivity contribution is 7.17. The first kappa shape index (κ1) is 19.6. The number of hydrogen-bond donors (Lipinski definition) is 1. The van der Waals surface area contributed by atoms with E-state index in [4.69, 9.17) is 0 Å². The van der Waals surface area contributed by atoms with Crippen LogP contribution in [0.15, 0.2) is 59.0 Å². The molecule has 4 aromatic rings. The fourth-order valence-corrected chi connectivity index (χ4v) is 5.01. The fraction of sp³-hybridized carbons (Fsp3) is 0.208. The Hall–Kier alpha value is -3.32. The molecule has 2 heterocycles. The molecule has 0 saturated heterocycles. The van der Waals surface area contributed by atoms with Gasteiger partial charge in [0.1, 0.15) is 17.2 Å². The van der Waals surface area contributed by atoms with E-state index in [9.17, 15) is 14.0 Å². The maximum Gasteiger partial charge on any atom is 0.263 e. The van der Waals surface area contributed by atoms with Crippen molar-refractivity contribution in [1.29, 1.82) is 0 Å². The zero-order chi connectivity index (χ0) is 21.4. The molecule has 2 aromatic heterocycles. The van der Waals surface area contributed by atoms with Crippen molar-refractivity contribution in [1.82, 2.24) is 9.55 Å². The minimum atomic E-state index is -0.524. The van der Waals surface area contributed by atoms with Gasteiger partial charge in [-0.2, -0.15) is 0 Å². The molecule has 0 bridgehead atoms. The number of rotatable bonds is 4. The molecule has 0 saturated carbocycles. The van der Waals surface area contributed by atoms with Crippen LogP contribution >= 0.6 is 11.3 Å². The lowest BCUT2D eigenvalue weighted by atomic mass is 9.89. The molecule has 156 valence electrons. The van der Waals surface area contributed by atoms with Gasteiger partial charge in [0, 0.05) is 10.9 Å². The summed E-state index contributed by atoms with van der Waals surface area (Å²) >= 11 is 1.42. The molecule has 2 aromatic carbocycles. The Kier molecular flexibility index (Phi) is 5.11. The van der Waals surface area contributed by atoms with Gasteiger partial charge in [-0.05, 0) is 54.5 Å². The van der Waals surface area contributed by atoms with Crippen molar-refractivity contribution in [2.24, 2.45) is 0 Å². The largest absolute Gasteiger partial charge is 0.322 e. The minimum Gasteiger partial charge on any atom is -0.322 e. The van der Waals surface area contributed by atoms with Crippen molar-refractivity contribution in [2.75, 3.05) is 5.32 Å². The minimum absolute atomic E-state index is 0.0832. The third kappa shape index (κ3) is 3.77. The van der Waals surface area contributed by atoms with Gasteiger partial charge in [-0.15, -0.1) is 11.3 Å². The quantitative estimate of drug-likeness (QED) is 0.504. The molecule has 1 aliphatic carbocycles. The van der Waals surface area contributed by atoms with Gasteiger partial charge in [0.05, 0.1) is 17.4 Å². The second-order valence-electron chi connectivity index (χ2n) is 7.73. The van der Waals surface area contributed by atoms with Crippen LogP contribution < -0.4 is 10.9 Å². The first-order valence-corrected chi connectivity index (χ1v) is 11.1. The molecule has 0 aliphatic heterocycles. The van der Waals surface area contributed by atoms with E-state index in [1.165, 1.54) is 58.3 Å². The highest BCUT2D eigenvalue weighted by Gasteiger charge is 2.17. The normalized spacial score (nSPS) is 13.2. The second kappa shape index (κ2) is 8.07. The lowest BCUT2D eigenvalue weighted by Gasteiger charge is -2.16. The van der Waals surface area contributed by atoms with Gasteiger partial charge in [0.25, 0.3) is 5.56 Å². The number of nitrogens with zero attached hydrogens (tertiary/aromatic N) is 2. The zero-order valence-electron chi connectivity index (χ0n) is 16.7. The Morgan fingerprint density at radius 2 is 1.94 bits per heavy atom. The molecule has 31 heavy (non-hydrogen) atoms. The monoisotopic (exact) mass is 433 g/mol. The lowest BCUT2D eigenvalue weighted by Crippen LogP contribution is -2.28. The SMILES string of the molecule is O=C(Cn1cnc2scc(-c3ccc4c(c3)CCCC4)c2c1=O)Nc1ccccc1F.